The van der Waals surface area contributed by atoms with Crippen LogP contribution in [0, 0.1) is 0 Å². The Kier molecular flexibility index (Phi) is 5.78. The van der Waals surface area contributed by atoms with Crippen molar-refractivity contribution in [3.8, 4) is 0 Å². The van der Waals surface area contributed by atoms with Crippen LogP contribution in [0.5, 0.6) is 0 Å². The van der Waals surface area contributed by atoms with Gasteiger partial charge in [0.15, 0.2) is 0 Å². The van der Waals surface area contributed by atoms with Crippen molar-refractivity contribution in [3.05, 3.63) is 34.2 Å². The van der Waals surface area contributed by atoms with E-state index in [1.807, 2.05) is 0 Å². The van der Waals surface area contributed by atoms with Gasteiger partial charge in [-0.15, -0.1) is 0 Å². The minimum Gasteiger partial charge on any atom is -0.468 e. The number of carbonyl (C=O) groups is 2. The molecule has 19 heavy (non-hydrogen) atoms. The van der Waals surface area contributed by atoms with Gasteiger partial charge in [0.25, 0.3) is 5.56 Å². The standard InChI is InChI=1S/C13H17NO5/c1-3-19-12(16)8-7-10-5-4-6-11(15)14(10)9-13(17)18-2/h4-6H,3,7-9H2,1-2H3. The number of aromatic nitrogens is 1. The van der Waals surface area contributed by atoms with Crippen LogP contribution in [-0.2, 0) is 32.0 Å². The van der Waals surface area contributed by atoms with Crippen molar-refractivity contribution in [2.45, 2.75) is 26.3 Å². The third kappa shape index (κ3) is 4.57. The third-order valence-electron chi connectivity index (χ3n) is 2.55. The van der Waals surface area contributed by atoms with Crippen molar-refractivity contribution in [1.82, 2.24) is 4.57 Å². The summed E-state index contributed by atoms with van der Waals surface area (Å²) in [4.78, 5) is 34.2. The van der Waals surface area contributed by atoms with E-state index in [-0.39, 0.29) is 24.5 Å². The van der Waals surface area contributed by atoms with Gasteiger partial charge in [0, 0.05) is 11.8 Å². The smallest absolute Gasteiger partial charge is 0.325 e. The summed E-state index contributed by atoms with van der Waals surface area (Å²) < 4.78 is 10.7. The Morgan fingerprint density at radius 1 is 1.26 bits per heavy atom. The van der Waals surface area contributed by atoms with E-state index < -0.39 is 5.97 Å². The Bertz CT molecular complexity index is 506. The molecule has 0 aliphatic rings. The SMILES string of the molecule is CCOC(=O)CCc1cccc(=O)n1CC(=O)OC. The van der Waals surface area contributed by atoms with E-state index in [0.717, 1.165) is 0 Å². The first-order valence-electron chi connectivity index (χ1n) is 5.99. The van der Waals surface area contributed by atoms with Crippen molar-refractivity contribution >= 4 is 11.9 Å². The highest BCUT2D eigenvalue weighted by Crippen LogP contribution is 2.03. The van der Waals surface area contributed by atoms with E-state index in [1.54, 1.807) is 19.1 Å². The molecule has 0 aliphatic carbocycles. The second kappa shape index (κ2) is 7.35. The van der Waals surface area contributed by atoms with E-state index in [1.165, 1.54) is 17.7 Å². The van der Waals surface area contributed by atoms with Crippen LogP contribution in [0.1, 0.15) is 19.0 Å². The maximum absolute atomic E-state index is 11.7. The minimum atomic E-state index is -0.509. The fraction of sp³-hybridized carbons (Fsp3) is 0.462. The Balaban J connectivity index is 2.82. The summed E-state index contributed by atoms with van der Waals surface area (Å²) >= 11 is 0. The van der Waals surface area contributed by atoms with Crippen LogP contribution in [0.4, 0.5) is 0 Å². The molecule has 0 fully saturated rings. The van der Waals surface area contributed by atoms with Crippen LogP contribution in [0.25, 0.3) is 0 Å². The highest BCUT2D eigenvalue weighted by Gasteiger charge is 2.10. The van der Waals surface area contributed by atoms with E-state index in [2.05, 4.69) is 4.74 Å². The van der Waals surface area contributed by atoms with Gasteiger partial charge in [0.1, 0.15) is 6.54 Å². The number of methoxy groups -OCH3 is 1. The van der Waals surface area contributed by atoms with Crippen LogP contribution in [0.15, 0.2) is 23.0 Å². The molecule has 1 aromatic heterocycles. The monoisotopic (exact) mass is 267 g/mol. The number of rotatable bonds is 6. The van der Waals surface area contributed by atoms with Gasteiger partial charge in [0.05, 0.1) is 20.1 Å². The number of hydrogen-bond donors (Lipinski definition) is 0. The molecule has 0 spiro atoms. The van der Waals surface area contributed by atoms with Gasteiger partial charge in [0.2, 0.25) is 0 Å². The predicted molar refractivity (Wildman–Crippen MR) is 67.7 cm³/mol. The molecule has 0 amide bonds. The van der Waals surface area contributed by atoms with Crippen LogP contribution in [0.3, 0.4) is 0 Å². The van der Waals surface area contributed by atoms with Crippen molar-refractivity contribution in [2.75, 3.05) is 13.7 Å². The van der Waals surface area contributed by atoms with E-state index >= 15 is 0 Å². The van der Waals surface area contributed by atoms with Crippen LogP contribution in [0.2, 0.25) is 0 Å². The van der Waals surface area contributed by atoms with Gasteiger partial charge in [-0.3, -0.25) is 14.4 Å². The van der Waals surface area contributed by atoms with Crippen molar-refractivity contribution < 1.29 is 19.1 Å². The maximum atomic E-state index is 11.7. The number of pyridine rings is 1. The summed E-state index contributed by atoms with van der Waals surface area (Å²) in [7, 11) is 1.26. The zero-order valence-corrected chi connectivity index (χ0v) is 11.0. The summed E-state index contributed by atoms with van der Waals surface area (Å²) in [5.74, 6) is -0.839. The fourth-order valence-electron chi connectivity index (χ4n) is 1.62. The number of aryl methyl sites for hydroxylation is 1. The summed E-state index contributed by atoms with van der Waals surface area (Å²) in [6.07, 6.45) is 0.504. The van der Waals surface area contributed by atoms with E-state index in [0.29, 0.717) is 18.7 Å². The van der Waals surface area contributed by atoms with Gasteiger partial charge in [-0.1, -0.05) is 6.07 Å². The van der Waals surface area contributed by atoms with Gasteiger partial charge in [-0.2, -0.15) is 0 Å². The lowest BCUT2D eigenvalue weighted by molar-refractivity contribution is -0.143. The topological polar surface area (TPSA) is 74.6 Å². The first-order chi connectivity index (χ1) is 9.08. The zero-order valence-electron chi connectivity index (χ0n) is 11.0. The van der Waals surface area contributed by atoms with E-state index in [9.17, 15) is 14.4 Å². The Hall–Kier alpha value is -2.11. The molecule has 0 bridgehead atoms. The minimum absolute atomic E-state index is 0.158. The van der Waals surface area contributed by atoms with Crippen LogP contribution >= 0.6 is 0 Å². The lowest BCUT2D eigenvalue weighted by Crippen LogP contribution is -2.27. The normalized spacial score (nSPS) is 10.0. The van der Waals surface area contributed by atoms with Gasteiger partial charge in [-0.05, 0) is 19.4 Å². The molecule has 0 atom stereocenters. The molecule has 0 aromatic carbocycles. The molecule has 1 rings (SSSR count). The molecule has 0 radical (unpaired) electrons. The van der Waals surface area contributed by atoms with Gasteiger partial charge >= 0.3 is 11.9 Å². The van der Waals surface area contributed by atoms with E-state index in [4.69, 9.17) is 4.74 Å². The van der Waals surface area contributed by atoms with Gasteiger partial charge < -0.3 is 14.0 Å². The van der Waals surface area contributed by atoms with Crippen LogP contribution < -0.4 is 5.56 Å². The first kappa shape index (κ1) is 14.9. The number of esters is 2. The molecule has 104 valence electrons. The molecule has 0 saturated carbocycles. The third-order valence-corrected chi connectivity index (χ3v) is 2.55. The lowest BCUT2D eigenvalue weighted by atomic mass is 10.2. The molecule has 6 nitrogen and oxygen atoms in total. The highest BCUT2D eigenvalue weighted by atomic mass is 16.5. The summed E-state index contributed by atoms with van der Waals surface area (Å²) in [6.45, 7) is 1.89. The summed E-state index contributed by atoms with van der Waals surface area (Å²) in [5.41, 5.74) is 0.303. The molecule has 6 heteroatoms. The molecule has 0 N–H and O–H groups in total. The van der Waals surface area contributed by atoms with Gasteiger partial charge in [-0.25, -0.2) is 0 Å². The van der Waals surface area contributed by atoms with Crippen molar-refractivity contribution in [3.63, 3.8) is 0 Å². The molecular weight excluding hydrogens is 250 g/mol. The summed E-state index contributed by atoms with van der Waals surface area (Å²) in [5, 5.41) is 0. The quantitative estimate of drug-likeness (QED) is 0.702. The zero-order chi connectivity index (χ0) is 14.3. The maximum Gasteiger partial charge on any atom is 0.325 e. The molecule has 0 saturated heterocycles. The molecule has 1 aromatic rings. The first-order valence-corrected chi connectivity index (χ1v) is 5.99. The van der Waals surface area contributed by atoms with Crippen molar-refractivity contribution in [2.24, 2.45) is 0 Å². The Morgan fingerprint density at radius 3 is 2.63 bits per heavy atom. The van der Waals surface area contributed by atoms with Crippen molar-refractivity contribution in [1.29, 1.82) is 0 Å². The second-order valence-electron chi connectivity index (χ2n) is 3.82. The highest BCUT2D eigenvalue weighted by molar-refractivity contribution is 5.70. The average Bonchev–Trinajstić information content (AvgIpc) is 2.39. The molecule has 1 heterocycles. The predicted octanol–water partition coefficient (Wildman–Crippen LogP) is 0.517. The number of ether oxygens (including phenoxy) is 2. The number of hydrogen-bond acceptors (Lipinski definition) is 5. The molecular formula is C13H17NO5. The second-order valence-corrected chi connectivity index (χ2v) is 3.82. The Labute approximate surface area is 110 Å². The average molecular weight is 267 g/mol. The van der Waals surface area contributed by atoms with Crippen LogP contribution in [-0.4, -0.2) is 30.2 Å². The lowest BCUT2D eigenvalue weighted by Gasteiger charge is -2.11. The number of nitrogens with zero attached hydrogens (tertiary/aromatic N) is 1. The number of carbonyl (C=O) groups excluding carboxylic acids is 2. The fourth-order valence-corrected chi connectivity index (χ4v) is 1.62. The Morgan fingerprint density at radius 2 is 2.00 bits per heavy atom. The largest absolute Gasteiger partial charge is 0.468 e. The molecule has 0 aliphatic heterocycles. The summed E-state index contributed by atoms with van der Waals surface area (Å²) in [6, 6.07) is 4.65. The molecule has 0 unspecified atom stereocenters.